The molecule has 0 saturated heterocycles. The van der Waals surface area contributed by atoms with Gasteiger partial charge in [-0.2, -0.15) is 0 Å². The molecule has 0 saturated carbocycles. The molecule has 33 heavy (non-hydrogen) atoms. The molecule has 2 aromatic carbocycles. The zero-order valence-electron chi connectivity index (χ0n) is 18.8. The summed E-state index contributed by atoms with van der Waals surface area (Å²) in [6.07, 6.45) is 0.571. The van der Waals surface area contributed by atoms with Gasteiger partial charge in [-0.3, -0.25) is 14.5 Å². The summed E-state index contributed by atoms with van der Waals surface area (Å²) in [6, 6.07) is 9.36. The number of carbonyl (C=O) groups is 1. The van der Waals surface area contributed by atoms with E-state index in [4.69, 9.17) is 25.5 Å². The molecule has 0 radical (unpaired) electrons. The third-order valence-corrected chi connectivity index (χ3v) is 6.04. The monoisotopic (exact) mass is 472 g/mol. The number of hydrogen-bond donors (Lipinski definition) is 1. The van der Waals surface area contributed by atoms with Gasteiger partial charge in [0.05, 0.1) is 19.6 Å². The quantitative estimate of drug-likeness (QED) is 0.565. The first-order valence-corrected chi connectivity index (χ1v) is 10.8. The van der Waals surface area contributed by atoms with Gasteiger partial charge in [0.1, 0.15) is 11.1 Å². The van der Waals surface area contributed by atoms with Crippen LogP contribution in [0.15, 0.2) is 45.6 Å². The molecule has 1 amide bonds. The number of nitrogens with zero attached hydrogens (tertiary/aromatic N) is 2. The minimum atomic E-state index is -2.05. The number of carbonyl (C=O) groups excluding carboxylic acids is 1. The normalized spacial score (nSPS) is 17.7. The minimum Gasteiger partial charge on any atom is -0.493 e. The second-order valence-corrected chi connectivity index (χ2v) is 8.57. The van der Waals surface area contributed by atoms with Crippen molar-refractivity contribution < 1.29 is 23.8 Å². The number of benzene rings is 2. The molecule has 8 nitrogen and oxygen atoms in total. The van der Waals surface area contributed by atoms with Crippen molar-refractivity contribution >= 4 is 28.5 Å². The molecule has 3 aromatic rings. The van der Waals surface area contributed by atoms with Gasteiger partial charge in [0.25, 0.3) is 5.91 Å². The van der Waals surface area contributed by atoms with Gasteiger partial charge < -0.3 is 23.9 Å². The van der Waals surface area contributed by atoms with Crippen LogP contribution >= 0.6 is 11.6 Å². The first-order valence-electron chi connectivity index (χ1n) is 10.4. The fourth-order valence-corrected chi connectivity index (χ4v) is 4.36. The van der Waals surface area contributed by atoms with Crippen molar-refractivity contribution in [2.75, 3.05) is 41.4 Å². The predicted molar refractivity (Wildman–Crippen MR) is 124 cm³/mol. The second kappa shape index (κ2) is 8.70. The fourth-order valence-electron chi connectivity index (χ4n) is 4.20. The van der Waals surface area contributed by atoms with Crippen LogP contribution in [0.5, 0.6) is 11.5 Å². The average Bonchev–Trinajstić information content (AvgIpc) is 3.00. The predicted octanol–water partition coefficient (Wildman–Crippen LogP) is 3.06. The molecule has 9 heteroatoms. The molecule has 0 fully saturated rings. The first kappa shape index (κ1) is 23.1. The summed E-state index contributed by atoms with van der Waals surface area (Å²) in [5.41, 5.74) is -2.20. The summed E-state index contributed by atoms with van der Waals surface area (Å²) in [7, 11) is 6.81. The summed E-state index contributed by atoms with van der Waals surface area (Å²) >= 11 is 6.06. The van der Waals surface area contributed by atoms with Crippen molar-refractivity contribution in [3.63, 3.8) is 0 Å². The Bertz CT molecular complexity index is 1290. The molecular weight excluding hydrogens is 448 g/mol. The second-order valence-electron chi connectivity index (χ2n) is 8.13. The van der Waals surface area contributed by atoms with Crippen LogP contribution in [0.3, 0.4) is 0 Å². The highest BCUT2D eigenvalue weighted by atomic mass is 35.5. The number of fused-ring (bicyclic) bond motifs is 2. The standard InChI is InChI=1S/C24H25ClN2O6/c1-26(2)10-5-11-27-23(29)22-20(21(28)16-8-7-15(25)13-18(16)33-22)24(27,30)14-6-9-17(31-3)19(12-14)32-4/h6-9,12-13,30H,5,10-11H2,1-4H3. The zero-order chi connectivity index (χ0) is 23.9. The molecule has 0 spiro atoms. The Hall–Kier alpha value is -3.07. The molecule has 1 aliphatic rings. The van der Waals surface area contributed by atoms with Gasteiger partial charge in [-0.05, 0) is 57.4 Å². The van der Waals surface area contributed by atoms with Crippen molar-refractivity contribution in [3.8, 4) is 11.5 Å². The maximum Gasteiger partial charge on any atom is 0.293 e. The van der Waals surface area contributed by atoms with Gasteiger partial charge in [0, 0.05) is 23.2 Å². The summed E-state index contributed by atoms with van der Waals surface area (Å²) in [5, 5.41) is 12.7. The highest BCUT2D eigenvalue weighted by Gasteiger charge is 2.54. The van der Waals surface area contributed by atoms with Gasteiger partial charge in [-0.25, -0.2) is 0 Å². The van der Waals surface area contributed by atoms with Crippen molar-refractivity contribution in [1.29, 1.82) is 0 Å². The van der Waals surface area contributed by atoms with Gasteiger partial charge in [-0.15, -0.1) is 0 Å². The van der Waals surface area contributed by atoms with Crippen molar-refractivity contribution in [2.24, 2.45) is 0 Å². The van der Waals surface area contributed by atoms with E-state index >= 15 is 0 Å². The zero-order valence-corrected chi connectivity index (χ0v) is 19.6. The summed E-state index contributed by atoms with van der Waals surface area (Å²) < 4.78 is 16.6. The van der Waals surface area contributed by atoms with E-state index in [2.05, 4.69) is 0 Å². The smallest absolute Gasteiger partial charge is 0.293 e. The summed E-state index contributed by atoms with van der Waals surface area (Å²) in [6.45, 7) is 0.879. The number of ether oxygens (including phenoxy) is 2. The molecule has 1 aromatic heterocycles. The maximum atomic E-state index is 13.6. The molecule has 1 atom stereocenters. The van der Waals surface area contributed by atoms with E-state index in [9.17, 15) is 14.7 Å². The van der Waals surface area contributed by atoms with Crippen LogP contribution in [-0.2, 0) is 5.72 Å². The van der Waals surface area contributed by atoms with Crippen LogP contribution in [0, 0.1) is 0 Å². The topological polar surface area (TPSA) is 92.5 Å². The lowest BCUT2D eigenvalue weighted by molar-refractivity contribution is -0.0514. The van der Waals surface area contributed by atoms with Crippen molar-refractivity contribution in [1.82, 2.24) is 9.80 Å². The number of methoxy groups -OCH3 is 2. The Kier molecular flexibility index (Phi) is 6.09. The molecule has 1 N–H and O–H groups in total. The minimum absolute atomic E-state index is 0.126. The van der Waals surface area contributed by atoms with E-state index < -0.39 is 17.1 Å². The largest absolute Gasteiger partial charge is 0.493 e. The van der Waals surface area contributed by atoms with Crippen molar-refractivity contribution in [3.05, 3.63) is 68.5 Å². The number of amides is 1. The highest BCUT2D eigenvalue weighted by molar-refractivity contribution is 6.31. The van der Waals surface area contributed by atoms with Gasteiger partial charge in [0.2, 0.25) is 16.9 Å². The average molecular weight is 473 g/mol. The van der Waals surface area contributed by atoms with Crippen molar-refractivity contribution in [2.45, 2.75) is 12.1 Å². The van der Waals surface area contributed by atoms with Gasteiger partial charge in [0.15, 0.2) is 11.5 Å². The Morgan fingerprint density at radius 3 is 2.48 bits per heavy atom. The number of rotatable bonds is 7. The fraction of sp³-hybridized carbons (Fsp3) is 0.333. The van der Waals surface area contributed by atoms with E-state index in [1.807, 2.05) is 19.0 Å². The van der Waals surface area contributed by atoms with Crippen LogP contribution in [-0.4, -0.2) is 62.2 Å². The first-order chi connectivity index (χ1) is 15.7. The SMILES string of the molecule is COc1ccc(C2(O)c3c(oc4cc(Cl)ccc4c3=O)C(=O)N2CCCN(C)C)cc1OC. The van der Waals surface area contributed by atoms with Gasteiger partial charge >= 0.3 is 0 Å². The van der Waals surface area contributed by atoms with Crippen LogP contribution in [0.1, 0.15) is 28.1 Å². The third kappa shape index (κ3) is 3.74. The summed E-state index contributed by atoms with van der Waals surface area (Å²) in [5.74, 6) is 0.0418. The lowest BCUT2D eigenvalue weighted by Gasteiger charge is -2.34. The lowest BCUT2D eigenvalue weighted by atomic mass is 9.93. The molecule has 1 aliphatic heterocycles. The Morgan fingerprint density at radius 2 is 1.82 bits per heavy atom. The van der Waals surface area contributed by atoms with E-state index in [1.54, 1.807) is 24.3 Å². The molecule has 0 bridgehead atoms. The molecule has 0 aliphatic carbocycles. The Balaban J connectivity index is 1.97. The molecule has 2 heterocycles. The van der Waals surface area contributed by atoms with Crippen LogP contribution in [0.2, 0.25) is 5.02 Å². The van der Waals surface area contributed by atoms with E-state index in [1.165, 1.54) is 31.3 Å². The molecule has 4 rings (SSSR count). The molecule has 174 valence electrons. The van der Waals surface area contributed by atoms with Gasteiger partial charge in [-0.1, -0.05) is 11.6 Å². The van der Waals surface area contributed by atoms with E-state index in [0.717, 1.165) is 0 Å². The lowest BCUT2D eigenvalue weighted by Crippen LogP contribution is -2.47. The van der Waals surface area contributed by atoms with Crippen LogP contribution in [0.25, 0.3) is 11.0 Å². The summed E-state index contributed by atoms with van der Waals surface area (Å²) in [4.78, 5) is 30.3. The highest BCUT2D eigenvalue weighted by Crippen LogP contribution is 2.44. The Labute approximate surface area is 195 Å². The third-order valence-electron chi connectivity index (χ3n) is 5.81. The molecular formula is C24H25ClN2O6. The maximum absolute atomic E-state index is 13.6. The Morgan fingerprint density at radius 1 is 1.09 bits per heavy atom. The number of hydrogen-bond acceptors (Lipinski definition) is 7. The van der Waals surface area contributed by atoms with E-state index in [-0.39, 0.29) is 34.4 Å². The van der Waals surface area contributed by atoms with E-state index in [0.29, 0.717) is 29.5 Å². The van der Waals surface area contributed by atoms with Crippen LogP contribution < -0.4 is 14.9 Å². The van der Waals surface area contributed by atoms with Crippen LogP contribution in [0.4, 0.5) is 0 Å². The number of aliphatic hydroxyl groups is 1. The number of halogens is 1. The molecule has 1 unspecified atom stereocenters.